The SMILES string of the molecule is CC[C@H](C)[C@H]1C(=O)NCC(=O)N(C)[C@@H](C(C)C)C(=O)N[C@@H](Cc2ccc(OC)cc2)C(=O)O[C@H](C)C(=O)N2CCCC[C@H]2C(=O)N(C)[C@@H](C(C)C)C(=O)N[C@@H](C(C)C)C(=O)N(C)[C@@H](CC(=O)NC(c2ccccc2)c2ccccc2)C(=O)N(C)[C@@H]([C@@H](C)CC)C(=O)N1C. The Balaban J connectivity index is 1.65. The van der Waals surface area contributed by atoms with Crippen LogP contribution in [0, 0.1) is 29.6 Å². The zero-order valence-electron chi connectivity index (χ0n) is 57.6. The maximum absolute atomic E-state index is 15.7. The summed E-state index contributed by atoms with van der Waals surface area (Å²) >= 11 is 0. The minimum atomic E-state index is -1.60. The van der Waals surface area contributed by atoms with Gasteiger partial charge < -0.3 is 60.1 Å². The Morgan fingerprint density at radius 1 is 0.581 bits per heavy atom. The van der Waals surface area contributed by atoms with Crippen molar-refractivity contribution in [2.75, 3.05) is 55.4 Å². The van der Waals surface area contributed by atoms with Crippen molar-refractivity contribution < 1.29 is 62.2 Å². The lowest BCUT2D eigenvalue weighted by molar-refractivity contribution is -0.165. The van der Waals surface area contributed by atoms with Crippen molar-refractivity contribution in [3.05, 3.63) is 102 Å². The number of piperidine rings is 1. The van der Waals surface area contributed by atoms with Crippen LogP contribution in [-0.4, -0.2) is 204 Å². The lowest BCUT2D eigenvalue weighted by atomic mass is 9.92. The highest BCUT2D eigenvalue weighted by Crippen LogP contribution is 2.28. The first-order valence-electron chi connectivity index (χ1n) is 32.7. The van der Waals surface area contributed by atoms with E-state index in [-0.39, 0.29) is 19.4 Å². The second-order valence-electron chi connectivity index (χ2n) is 26.1. The summed E-state index contributed by atoms with van der Waals surface area (Å²) in [7, 11) is 8.55. The third kappa shape index (κ3) is 18.9. The summed E-state index contributed by atoms with van der Waals surface area (Å²) < 4.78 is 11.3. The Morgan fingerprint density at radius 3 is 1.62 bits per heavy atom. The normalized spacial score (nSPS) is 24.6. The number of carbonyl (C=O) groups is 11. The van der Waals surface area contributed by atoms with Gasteiger partial charge in [0.15, 0.2) is 6.10 Å². The highest BCUT2D eigenvalue weighted by molar-refractivity contribution is 6.00. The van der Waals surface area contributed by atoms with E-state index >= 15 is 14.4 Å². The first-order chi connectivity index (χ1) is 43.9. The number of rotatable bonds is 15. The van der Waals surface area contributed by atoms with Crippen LogP contribution in [0.5, 0.6) is 5.75 Å². The van der Waals surface area contributed by atoms with Crippen molar-refractivity contribution in [2.45, 2.75) is 182 Å². The second kappa shape index (κ2) is 34.5. The molecular weight excluding hydrogens is 1190 g/mol. The number of hydrogen-bond donors (Lipinski definition) is 4. The molecule has 0 aliphatic carbocycles. The Bertz CT molecular complexity index is 3030. The minimum Gasteiger partial charge on any atom is -0.497 e. The van der Waals surface area contributed by atoms with Gasteiger partial charge in [-0.3, -0.25) is 47.9 Å². The molecule has 0 unspecified atom stereocenters. The van der Waals surface area contributed by atoms with Gasteiger partial charge in [0.05, 0.1) is 26.1 Å². The average Bonchev–Trinajstić information content (AvgIpc) is 1.47. The summed E-state index contributed by atoms with van der Waals surface area (Å²) in [6.45, 7) is 18.3. The summed E-state index contributed by atoms with van der Waals surface area (Å²) in [5, 5.41) is 11.5. The smallest absolute Gasteiger partial charge is 0.329 e. The van der Waals surface area contributed by atoms with Crippen molar-refractivity contribution in [2.24, 2.45) is 29.6 Å². The van der Waals surface area contributed by atoms with E-state index in [1.54, 1.807) is 79.7 Å². The Labute approximate surface area is 549 Å². The molecular formula is C70H102N10O13. The molecule has 0 radical (unpaired) electrons. The van der Waals surface area contributed by atoms with Crippen LogP contribution < -0.4 is 26.0 Å². The molecule has 2 aliphatic heterocycles. The summed E-state index contributed by atoms with van der Waals surface area (Å²) in [6.07, 6.45) is -0.203. The van der Waals surface area contributed by atoms with E-state index in [4.69, 9.17) is 9.47 Å². The molecule has 2 saturated heterocycles. The van der Waals surface area contributed by atoms with Crippen LogP contribution in [0.15, 0.2) is 84.9 Å². The Hall–Kier alpha value is -8.37. The molecule has 10 amide bonds. The number of hydrogen-bond acceptors (Lipinski definition) is 13. The molecule has 23 nitrogen and oxygen atoms in total. The molecule has 3 aromatic rings. The molecule has 510 valence electrons. The Morgan fingerprint density at radius 2 is 1.10 bits per heavy atom. The van der Waals surface area contributed by atoms with Crippen molar-refractivity contribution in [3.8, 4) is 5.75 Å². The lowest BCUT2D eigenvalue weighted by Crippen LogP contribution is -2.63. The highest BCUT2D eigenvalue weighted by atomic mass is 16.5. The van der Waals surface area contributed by atoms with E-state index in [0.717, 1.165) is 20.9 Å². The van der Waals surface area contributed by atoms with Crippen LogP contribution >= 0.6 is 0 Å². The van der Waals surface area contributed by atoms with Crippen molar-refractivity contribution in [1.29, 1.82) is 0 Å². The number of likely N-dealkylation sites (N-methyl/N-ethyl adjacent to an activating group) is 5. The fraction of sp³-hybridized carbons (Fsp3) is 0.586. The number of esters is 1. The first kappa shape index (κ1) is 75.4. The molecule has 0 aromatic heterocycles. The molecule has 4 N–H and O–H groups in total. The predicted octanol–water partition coefficient (Wildman–Crippen LogP) is 5.14. The topological polar surface area (TPSA) is 274 Å². The van der Waals surface area contributed by atoms with E-state index in [2.05, 4.69) is 21.3 Å². The number of carbonyl (C=O) groups excluding carboxylic acids is 11. The molecule has 5 rings (SSSR count). The van der Waals surface area contributed by atoms with Gasteiger partial charge in [-0.05, 0) is 84.6 Å². The quantitative estimate of drug-likeness (QED) is 0.144. The summed E-state index contributed by atoms with van der Waals surface area (Å²) in [6, 6.07) is 14.1. The molecule has 93 heavy (non-hydrogen) atoms. The number of amides is 10. The van der Waals surface area contributed by atoms with Gasteiger partial charge in [0.2, 0.25) is 53.2 Å². The van der Waals surface area contributed by atoms with Gasteiger partial charge in [-0.2, -0.15) is 0 Å². The van der Waals surface area contributed by atoms with E-state index < -0.39 is 168 Å². The highest BCUT2D eigenvalue weighted by Gasteiger charge is 2.46. The number of nitrogens with zero attached hydrogens (tertiary/aromatic N) is 6. The minimum absolute atomic E-state index is 0.107. The zero-order chi connectivity index (χ0) is 69.3. The number of cyclic esters (lactones) is 1. The van der Waals surface area contributed by atoms with Gasteiger partial charge in [0.1, 0.15) is 54.1 Å². The van der Waals surface area contributed by atoms with Gasteiger partial charge in [-0.1, -0.05) is 155 Å². The molecule has 0 bridgehead atoms. The molecule has 0 spiro atoms. The molecule has 2 fully saturated rings. The number of fused-ring (bicyclic) bond motifs is 1. The van der Waals surface area contributed by atoms with Crippen LogP contribution in [0.25, 0.3) is 0 Å². The third-order valence-electron chi connectivity index (χ3n) is 18.4. The van der Waals surface area contributed by atoms with E-state index in [1.807, 2.05) is 74.5 Å². The third-order valence-corrected chi connectivity index (χ3v) is 18.4. The molecule has 23 heteroatoms. The molecule has 2 heterocycles. The van der Waals surface area contributed by atoms with Gasteiger partial charge in [0.25, 0.3) is 5.91 Å². The van der Waals surface area contributed by atoms with Crippen LogP contribution in [-0.2, 0) is 63.9 Å². The maximum Gasteiger partial charge on any atom is 0.329 e. The first-order valence-corrected chi connectivity index (χ1v) is 32.7. The van der Waals surface area contributed by atoms with Gasteiger partial charge in [-0.15, -0.1) is 0 Å². The van der Waals surface area contributed by atoms with Crippen LogP contribution in [0.3, 0.4) is 0 Å². The predicted molar refractivity (Wildman–Crippen MR) is 352 cm³/mol. The van der Waals surface area contributed by atoms with Crippen LogP contribution in [0.2, 0.25) is 0 Å². The standard InChI is InChI=1S/C70H102N10O13/c1-18-44(9)60-62(83)71-40-55(82)76(13)58(42(5)6)63(84)72-51(38-47-33-35-50(92-17)36-34-47)70(91)93-46(11)65(86)80-37-27-26-32-52(80)66(87)77(14)59(43(7)8)64(85)74-56(41(3)4)68(89)75(12)53(67(88)79(16)61(45(10)19-2)69(90)78(60)15)39-54(81)73-57(48-28-22-20-23-29-48)49-30-24-21-25-31-49/h20-25,28-31,33-36,41-46,51-53,56-61H,18-19,26-27,32,37-40H2,1-17H3,(H,71,83)(H,72,84)(H,73,81)(H,74,85)/t44-,45-,46+,51-,52-,53-,56-,58-,59-,60-,61-/m0/s1. The average molecular weight is 1290 g/mol. The molecule has 2 aliphatic rings. The van der Waals surface area contributed by atoms with E-state index in [0.29, 0.717) is 37.0 Å². The second-order valence-corrected chi connectivity index (χ2v) is 26.1. The number of nitrogens with one attached hydrogen (secondary N) is 4. The van der Waals surface area contributed by atoms with Gasteiger partial charge in [0, 0.05) is 48.2 Å². The van der Waals surface area contributed by atoms with Gasteiger partial charge in [-0.25, -0.2) is 4.79 Å². The number of ether oxygens (including phenoxy) is 2. The fourth-order valence-electron chi connectivity index (χ4n) is 12.5. The molecule has 0 saturated carbocycles. The molecule has 3 aromatic carbocycles. The van der Waals surface area contributed by atoms with Gasteiger partial charge >= 0.3 is 5.97 Å². The van der Waals surface area contributed by atoms with Crippen molar-refractivity contribution in [1.82, 2.24) is 50.7 Å². The lowest BCUT2D eigenvalue weighted by Gasteiger charge is -2.41. The van der Waals surface area contributed by atoms with E-state index in [9.17, 15) is 38.4 Å². The van der Waals surface area contributed by atoms with Crippen molar-refractivity contribution in [3.63, 3.8) is 0 Å². The van der Waals surface area contributed by atoms with Crippen LogP contribution in [0.1, 0.15) is 137 Å². The fourth-order valence-corrected chi connectivity index (χ4v) is 12.5. The van der Waals surface area contributed by atoms with Crippen molar-refractivity contribution >= 4 is 65.0 Å². The zero-order valence-corrected chi connectivity index (χ0v) is 57.6. The Kier molecular flexibility index (Phi) is 28.0. The summed E-state index contributed by atoms with van der Waals surface area (Å²) in [4.78, 5) is 171. The van der Waals surface area contributed by atoms with Crippen LogP contribution in [0.4, 0.5) is 0 Å². The number of benzene rings is 3. The number of methoxy groups -OCH3 is 1. The molecule has 11 atom stereocenters. The maximum atomic E-state index is 15.7. The summed E-state index contributed by atoms with van der Waals surface area (Å²) in [5.41, 5.74) is 2.05. The largest absolute Gasteiger partial charge is 0.497 e. The summed E-state index contributed by atoms with van der Waals surface area (Å²) in [5.74, 6) is -10.3. The van der Waals surface area contributed by atoms with E-state index in [1.165, 1.54) is 68.9 Å². The monoisotopic (exact) mass is 1290 g/mol.